The van der Waals surface area contributed by atoms with Crippen LogP contribution in [0.5, 0.6) is 0 Å². The van der Waals surface area contributed by atoms with Crippen molar-refractivity contribution in [2.24, 2.45) is 0 Å². The second-order valence-electron chi connectivity index (χ2n) is 9.45. The van der Waals surface area contributed by atoms with E-state index < -0.39 is 16.1 Å². The molecule has 0 atom stereocenters. The van der Waals surface area contributed by atoms with Crippen molar-refractivity contribution in [3.8, 4) is 11.1 Å². The van der Waals surface area contributed by atoms with Gasteiger partial charge in [0.2, 0.25) is 0 Å². The molecule has 0 nitrogen and oxygen atoms in total. The van der Waals surface area contributed by atoms with E-state index in [1.807, 2.05) is 0 Å². The van der Waals surface area contributed by atoms with Crippen LogP contribution in [-0.2, 0) is 31.1 Å². The summed E-state index contributed by atoms with van der Waals surface area (Å²) in [5.74, 6) is 0. The molecule has 0 amide bonds. The molecule has 1 aliphatic rings. The van der Waals surface area contributed by atoms with Crippen LogP contribution in [-0.4, -0.2) is 16.1 Å². The number of rotatable bonds is 2. The number of hydrogen-bond donors (Lipinski definition) is 0. The minimum absolute atomic E-state index is 0. The van der Waals surface area contributed by atoms with E-state index in [0.717, 1.165) is 6.42 Å². The third-order valence-electron chi connectivity index (χ3n) is 5.50. The summed E-state index contributed by atoms with van der Waals surface area (Å²) >= 11 is 1.58. The van der Waals surface area contributed by atoms with Crippen molar-refractivity contribution >= 4 is 29.8 Å². The van der Waals surface area contributed by atoms with Gasteiger partial charge in [0.15, 0.2) is 0 Å². The molecule has 26 heavy (non-hydrogen) atoms. The monoisotopic (exact) mass is 497 g/mol. The zero-order valence-electron chi connectivity index (χ0n) is 17.2. The normalized spacial score (nSPS) is 12.8. The van der Waals surface area contributed by atoms with Crippen LogP contribution in [0.3, 0.4) is 0 Å². The summed E-state index contributed by atoms with van der Waals surface area (Å²) in [5.41, 5.74) is 9.36. The molecule has 0 fully saturated rings. The van der Waals surface area contributed by atoms with E-state index >= 15 is 0 Å². The van der Waals surface area contributed by atoms with Crippen LogP contribution in [0.15, 0.2) is 18.2 Å². The van der Waals surface area contributed by atoms with Gasteiger partial charge in [-0.2, -0.15) is 0 Å². The molecule has 0 saturated carbocycles. The van der Waals surface area contributed by atoms with Crippen molar-refractivity contribution in [2.45, 2.75) is 59.6 Å². The van der Waals surface area contributed by atoms with Crippen LogP contribution in [0.2, 0.25) is 39.3 Å². The number of benzene rings is 2. The van der Waals surface area contributed by atoms with Gasteiger partial charge in [-0.3, -0.25) is 0 Å². The average molecular weight is 500 g/mol. The first kappa shape index (κ1) is 24.4. The first-order valence-corrected chi connectivity index (χ1v) is 17.2. The SMILES string of the molecule is Cc1cc([Si](C)(C)C)cc2c1Cc1c-2cc([Si](C)(C)C)[c]([Zr+2])c1C.[Cl-].[Cl-]. The molecule has 3 rings (SSSR count). The van der Waals surface area contributed by atoms with Crippen molar-refractivity contribution in [2.75, 3.05) is 0 Å². The van der Waals surface area contributed by atoms with Crippen molar-refractivity contribution in [3.63, 3.8) is 0 Å². The summed E-state index contributed by atoms with van der Waals surface area (Å²) in [6.45, 7) is 19.5. The van der Waals surface area contributed by atoms with Crippen molar-refractivity contribution in [1.29, 1.82) is 0 Å². The largest absolute Gasteiger partial charge is 1.00 e. The number of fused-ring (bicyclic) bond motifs is 3. The molecular formula is C21H29Cl2Si2Zr. The second kappa shape index (κ2) is 7.99. The minimum atomic E-state index is -1.31. The van der Waals surface area contributed by atoms with Crippen LogP contribution >= 0.6 is 0 Å². The molecule has 2 aromatic rings. The molecule has 5 heteroatoms. The minimum Gasteiger partial charge on any atom is -1.00 e. The van der Waals surface area contributed by atoms with Crippen molar-refractivity contribution in [3.05, 3.63) is 40.5 Å². The molecule has 0 saturated heterocycles. The van der Waals surface area contributed by atoms with Gasteiger partial charge in [-0.05, 0) is 0 Å². The Hall–Kier alpha value is 0.337. The number of aryl methyl sites for hydroxylation is 1. The summed E-state index contributed by atoms with van der Waals surface area (Å²) in [6, 6.07) is 7.60. The van der Waals surface area contributed by atoms with Gasteiger partial charge in [-0.1, -0.05) is 0 Å². The number of hydrogen-bond acceptors (Lipinski definition) is 0. The summed E-state index contributed by atoms with van der Waals surface area (Å²) in [6.07, 6.45) is 1.14. The summed E-state index contributed by atoms with van der Waals surface area (Å²) in [7, 11) is -2.60. The fourth-order valence-electron chi connectivity index (χ4n) is 3.82. The Labute approximate surface area is 189 Å². The average Bonchev–Trinajstić information content (AvgIpc) is 2.80. The maximum atomic E-state index is 2.58. The smallest absolute Gasteiger partial charge is 1.00 e. The molecule has 0 bridgehead atoms. The van der Waals surface area contributed by atoms with Crippen LogP contribution in [0.4, 0.5) is 0 Å². The zero-order valence-corrected chi connectivity index (χ0v) is 23.2. The Morgan fingerprint density at radius 3 is 1.81 bits per heavy atom. The fourth-order valence-corrected chi connectivity index (χ4v) is 9.88. The predicted octanol–water partition coefficient (Wildman–Crippen LogP) is -1.85. The third-order valence-corrected chi connectivity index (χ3v) is 11.7. The van der Waals surface area contributed by atoms with E-state index in [1.54, 1.807) is 66.2 Å². The molecule has 0 aliphatic heterocycles. The molecule has 139 valence electrons. The Morgan fingerprint density at radius 2 is 1.31 bits per heavy atom. The summed E-state index contributed by atoms with van der Waals surface area (Å²) < 4.78 is 1.64. The summed E-state index contributed by atoms with van der Waals surface area (Å²) in [5, 5.41) is 3.28. The Bertz CT molecular complexity index is 847. The van der Waals surface area contributed by atoms with E-state index in [-0.39, 0.29) is 24.8 Å². The maximum Gasteiger partial charge on any atom is -1.00 e. The second-order valence-corrected chi connectivity index (χ2v) is 20.8. The fraction of sp³-hybridized carbons (Fsp3) is 0.429. The van der Waals surface area contributed by atoms with E-state index in [9.17, 15) is 0 Å². The van der Waals surface area contributed by atoms with Gasteiger partial charge < -0.3 is 24.8 Å². The first-order valence-electron chi connectivity index (χ1n) is 8.94. The van der Waals surface area contributed by atoms with Crippen LogP contribution in [0.25, 0.3) is 11.1 Å². The predicted molar refractivity (Wildman–Crippen MR) is 110 cm³/mol. The van der Waals surface area contributed by atoms with Gasteiger partial charge >= 0.3 is 166 Å². The van der Waals surface area contributed by atoms with Crippen molar-refractivity contribution < 1.29 is 49.5 Å². The van der Waals surface area contributed by atoms with Crippen LogP contribution in [0.1, 0.15) is 22.3 Å². The van der Waals surface area contributed by atoms with Gasteiger partial charge in [-0.15, -0.1) is 0 Å². The number of halogens is 2. The van der Waals surface area contributed by atoms with E-state index in [1.165, 1.54) is 5.56 Å². The molecular weight excluding hydrogens is 471 g/mol. The molecule has 0 aromatic heterocycles. The van der Waals surface area contributed by atoms with Gasteiger partial charge in [0, 0.05) is 0 Å². The van der Waals surface area contributed by atoms with Crippen LogP contribution < -0.4 is 38.5 Å². The van der Waals surface area contributed by atoms with Crippen molar-refractivity contribution in [1.82, 2.24) is 0 Å². The first-order chi connectivity index (χ1) is 10.9. The Morgan fingerprint density at radius 1 is 0.769 bits per heavy atom. The maximum absolute atomic E-state index is 2.58. The standard InChI is InChI=1S/C21H29Si2.2ClH.Zr/c1-14-9-16(22(3,4)5)11-20-18(14)13-19-15(2)10-17(12-21(19)20)23(6,7)8;;;/h9,11-12H,13H2,1-8H3;2*1H;/q;;;+2/p-2. The topological polar surface area (TPSA) is 0 Å². The van der Waals surface area contributed by atoms with Gasteiger partial charge in [0.05, 0.1) is 0 Å². The molecule has 0 unspecified atom stereocenters. The Kier molecular flexibility index (Phi) is 7.49. The molecule has 0 spiro atoms. The van der Waals surface area contributed by atoms with E-state index in [2.05, 4.69) is 71.3 Å². The molecule has 0 N–H and O–H groups in total. The van der Waals surface area contributed by atoms with E-state index in [4.69, 9.17) is 0 Å². The zero-order chi connectivity index (χ0) is 18.0. The van der Waals surface area contributed by atoms with Gasteiger partial charge in [0.25, 0.3) is 0 Å². The van der Waals surface area contributed by atoms with E-state index in [0.29, 0.717) is 0 Å². The van der Waals surface area contributed by atoms with Crippen LogP contribution in [0, 0.1) is 13.8 Å². The molecule has 1 aliphatic carbocycles. The Balaban J connectivity index is 0.00000169. The summed E-state index contributed by atoms with van der Waals surface area (Å²) in [4.78, 5) is 0. The molecule has 0 radical (unpaired) electrons. The molecule has 0 heterocycles. The quantitative estimate of drug-likeness (QED) is 0.363. The van der Waals surface area contributed by atoms with Gasteiger partial charge in [0.1, 0.15) is 0 Å². The van der Waals surface area contributed by atoms with Gasteiger partial charge in [-0.25, -0.2) is 0 Å². The third kappa shape index (κ3) is 4.18. The molecule has 2 aromatic carbocycles.